The number of carbonyl (C=O) groups excluding carboxylic acids is 1. The number of sulfone groups is 1. The molecule has 0 aromatic heterocycles. The fourth-order valence-corrected chi connectivity index (χ4v) is 2.98. The van der Waals surface area contributed by atoms with Gasteiger partial charge in [0.15, 0.2) is 9.84 Å². The van der Waals surface area contributed by atoms with Crippen molar-refractivity contribution in [2.75, 3.05) is 38.4 Å². The molecule has 1 unspecified atom stereocenters. The van der Waals surface area contributed by atoms with Crippen LogP contribution < -0.4 is 0 Å². The van der Waals surface area contributed by atoms with Crippen molar-refractivity contribution in [2.24, 2.45) is 0 Å². The van der Waals surface area contributed by atoms with Crippen molar-refractivity contribution < 1.29 is 22.7 Å². The van der Waals surface area contributed by atoms with Crippen LogP contribution >= 0.6 is 11.6 Å². The summed E-state index contributed by atoms with van der Waals surface area (Å²) in [5.41, 5.74) is -0.498. The van der Waals surface area contributed by atoms with Crippen LogP contribution in [-0.4, -0.2) is 63.3 Å². The van der Waals surface area contributed by atoms with Gasteiger partial charge in [0.25, 0.3) is 0 Å². The van der Waals surface area contributed by atoms with Crippen LogP contribution in [0.5, 0.6) is 0 Å². The zero-order valence-electron chi connectivity index (χ0n) is 8.89. The summed E-state index contributed by atoms with van der Waals surface area (Å²) in [4.78, 5) is 12.5. The Morgan fingerprint density at radius 1 is 1.62 bits per heavy atom. The van der Waals surface area contributed by atoms with Crippen LogP contribution in [-0.2, 0) is 24.1 Å². The number of rotatable bonds is 4. The summed E-state index contributed by atoms with van der Waals surface area (Å²) < 4.78 is 32.5. The van der Waals surface area contributed by atoms with Gasteiger partial charge < -0.3 is 9.47 Å². The molecule has 1 saturated heterocycles. The average molecular weight is 272 g/mol. The van der Waals surface area contributed by atoms with Gasteiger partial charge in [-0.25, -0.2) is 8.42 Å². The first-order valence-electron chi connectivity index (χ1n) is 4.68. The number of alkyl halides is 1. The summed E-state index contributed by atoms with van der Waals surface area (Å²) in [7, 11) is -2.32. The molecule has 16 heavy (non-hydrogen) atoms. The first-order valence-corrected chi connectivity index (χ1v) is 6.94. The van der Waals surface area contributed by atoms with Crippen LogP contribution in [0.3, 0.4) is 0 Å². The number of hydrogen-bond acceptors (Lipinski definition) is 6. The third kappa shape index (κ3) is 4.65. The molecule has 6 nitrogen and oxygen atoms in total. The summed E-state index contributed by atoms with van der Waals surface area (Å²) >= 11 is 5.72. The van der Waals surface area contributed by atoms with Gasteiger partial charge in [-0.1, -0.05) is 11.6 Å². The number of nitrogens with zero attached hydrogens (tertiary/aromatic N) is 1. The van der Waals surface area contributed by atoms with Crippen LogP contribution in [0.15, 0.2) is 0 Å². The molecule has 0 N–H and O–H groups in total. The number of methoxy groups -OCH3 is 1. The molecule has 1 aliphatic heterocycles. The number of morpholine rings is 1. The van der Waals surface area contributed by atoms with Gasteiger partial charge in [-0.2, -0.15) is 0 Å². The highest BCUT2D eigenvalue weighted by Gasteiger charge is 2.25. The van der Waals surface area contributed by atoms with Gasteiger partial charge in [0.1, 0.15) is 17.2 Å². The standard InChI is InChI=1S/C8H14ClNO5S/c1-14-8(11)5-16(12,13)6-10-2-3-15-7(9)4-10/h7H,2-6H2,1H3. The Bertz CT molecular complexity index is 344. The van der Waals surface area contributed by atoms with Gasteiger partial charge >= 0.3 is 5.97 Å². The smallest absolute Gasteiger partial charge is 0.320 e. The molecule has 0 aromatic rings. The fraction of sp³-hybridized carbons (Fsp3) is 0.875. The van der Waals surface area contributed by atoms with Crippen LogP contribution in [0.25, 0.3) is 0 Å². The fourth-order valence-electron chi connectivity index (χ4n) is 1.34. The molecule has 1 aliphatic rings. The lowest BCUT2D eigenvalue weighted by molar-refractivity contribution is -0.137. The number of carbonyl (C=O) groups is 1. The molecule has 0 saturated carbocycles. The van der Waals surface area contributed by atoms with Gasteiger partial charge in [0.05, 0.1) is 13.7 Å². The molecule has 0 spiro atoms. The Labute approximate surface area is 99.4 Å². The van der Waals surface area contributed by atoms with E-state index in [0.29, 0.717) is 19.7 Å². The van der Waals surface area contributed by atoms with E-state index in [0.717, 1.165) is 7.11 Å². The molecule has 1 rings (SSSR count). The van der Waals surface area contributed by atoms with Crippen molar-refractivity contribution in [1.82, 2.24) is 4.90 Å². The summed E-state index contributed by atoms with van der Waals surface area (Å²) in [6.07, 6.45) is 0. The first kappa shape index (κ1) is 13.7. The topological polar surface area (TPSA) is 72.9 Å². The lowest BCUT2D eigenvalue weighted by Gasteiger charge is -2.29. The molecular formula is C8H14ClNO5S. The lowest BCUT2D eigenvalue weighted by Crippen LogP contribution is -2.43. The summed E-state index contributed by atoms with van der Waals surface area (Å²) in [6, 6.07) is 0. The van der Waals surface area contributed by atoms with Crippen molar-refractivity contribution >= 4 is 27.4 Å². The number of halogens is 1. The minimum atomic E-state index is -3.48. The molecule has 94 valence electrons. The molecule has 0 radical (unpaired) electrons. The van der Waals surface area contributed by atoms with Gasteiger partial charge in [-0.15, -0.1) is 0 Å². The molecule has 1 heterocycles. The van der Waals surface area contributed by atoms with E-state index in [4.69, 9.17) is 16.3 Å². The second kappa shape index (κ2) is 5.81. The predicted octanol–water partition coefficient (Wildman–Crippen LogP) is -0.571. The first-order chi connectivity index (χ1) is 7.43. The van der Waals surface area contributed by atoms with E-state index in [1.54, 1.807) is 4.90 Å². The van der Waals surface area contributed by atoms with E-state index in [9.17, 15) is 13.2 Å². The number of esters is 1. The van der Waals surface area contributed by atoms with E-state index in [1.165, 1.54) is 0 Å². The zero-order chi connectivity index (χ0) is 12.2. The highest BCUT2D eigenvalue weighted by molar-refractivity contribution is 7.92. The van der Waals surface area contributed by atoms with Crippen molar-refractivity contribution in [2.45, 2.75) is 5.56 Å². The largest absolute Gasteiger partial charge is 0.468 e. The van der Waals surface area contributed by atoms with Crippen molar-refractivity contribution in [3.05, 3.63) is 0 Å². The molecule has 0 amide bonds. The molecule has 8 heteroatoms. The summed E-state index contributed by atoms with van der Waals surface area (Å²) in [6.45, 7) is 1.22. The third-order valence-electron chi connectivity index (χ3n) is 2.05. The van der Waals surface area contributed by atoms with Crippen LogP contribution in [0.4, 0.5) is 0 Å². The second-order valence-corrected chi connectivity index (χ2v) is 5.97. The van der Waals surface area contributed by atoms with E-state index in [2.05, 4.69) is 4.74 Å². The Kier molecular flexibility index (Phi) is 4.97. The second-order valence-electron chi connectivity index (χ2n) is 3.45. The summed E-state index contributed by atoms with van der Waals surface area (Å²) in [5, 5.41) is 0. The van der Waals surface area contributed by atoms with Gasteiger partial charge in [0, 0.05) is 13.1 Å². The molecular weight excluding hydrogens is 258 g/mol. The van der Waals surface area contributed by atoms with E-state index in [-0.39, 0.29) is 5.88 Å². The SMILES string of the molecule is COC(=O)CS(=O)(=O)CN1CCOC(Cl)C1. The zero-order valence-corrected chi connectivity index (χ0v) is 10.5. The summed E-state index contributed by atoms with van der Waals surface area (Å²) in [5.74, 6) is -1.56. The highest BCUT2D eigenvalue weighted by Crippen LogP contribution is 2.09. The van der Waals surface area contributed by atoms with Gasteiger partial charge in [0.2, 0.25) is 0 Å². The van der Waals surface area contributed by atoms with E-state index in [1.807, 2.05) is 0 Å². The van der Waals surface area contributed by atoms with Gasteiger partial charge in [-0.05, 0) is 0 Å². The van der Waals surface area contributed by atoms with E-state index >= 15 is 0 Å². The van der Waals surface area contributed by atoms with Gasteiger partial charge in [-0.3, -0.25) is 9.69 Å². The Morgan fingerprint density at radius 3 is 2.88 bits per heavy atom. The van der Waals surface area contributed by atoms with E-state index < -0.39 is 27.1 Å². The monoisotopic (exact) mass is 271 g/mol. The minimum Gasteiger partial charge on any atom is -0.468 e. The Hall–Kier alpha value is -0.370. The Morgan fingerprint density at radius 2 is 2.31 bits per heavy atom. The van der Waals surface area contributed by atoms with Crippen molar-refractivity contribution in [3.63, 3.8) is 0 Å². The molecule has 1 fully saturated rings. The number of hydrogen-bond donors (Lipinski definition) is 0. The maximum Gasteiger partial charge on any atom is 0.320 e. The van der Waals surface area contributed by atoms with Crippen LogP contribution in [0, 0.1) is 0 Å². The normalized spacial score (nSPS) is 23.0. The minimum absolute atomic E-state index is 0.200. The molecule has 0 aromatic carbocycles. The quantitative estimate of drug-likeness (QED) is 0.504. The third-order valence-corrected chi connectivity index (χ3v) is 3.75. The maximum absolute atomic E-state index is 11.5. The molecule has 0 aliphatic carbocycles. The van der Waals surface area contributed by atoms with Crippen LogP contribution in [0.2, 0.25) is 0 Å². The van der Waals surface area contributed by atoms with Crippen LogP contribution in [0.1, 0.15) is 0 Å². The lowest BCUT2D eigenvalue weighted by atomic mass is 10.5. The maximum atomic E-state index is 11.5. The molecule has 1 atom stereocenters. The highest BCUT2D eigenvalue weighted by atomic mass is 35.5. The Balaban J connectivity index is 2.48. The predicted molar refractivity (Wildman–Crippen MR) is 57.8 cm³/mol. The average Bonchev–Trinajstić information content (AvgIpc) is 2.15. The number of ether oxygens (including phenoxy) is 2. The van der Waals surface area contributed by atoms with Crippen molar-refractivity contribution in [1.29, 1.82) is 0 Å². The van der Waals surface area contributed by atoms with Crippen molar-refractivity contribution in [3.8, 4) is 0 Å². The molecule has 0 bridgehead atoms.